The van der Waals surface area contributed by atoms with Crippen molar-refractivity contribution >= 4 is 27.3 Å². The van der Waals surface area contributed by atoms with Crippen molar-refractivity contribution < 1.29 is 18.0 Å². The van der Waals surface area contributed by atoms with Crippen LogP contribution < -0.4 is 5.32 Å². The second-order valence-electron chi connectivity index (χ2n) is 7.43. The van der Waals surface area contributed by atoms with Crippen molar-refractivity contribution in [2.24, 2.45) is 5.92 Å². The molecule has 28 heavy (non-hydrogen) atoms. The molecule has 2 atom stereocenters. The Hall–Kier alpha value is -2.68. The van der Waals surface area contributed by atoms with Gasteiger partial charge in [-0.25, -0.2) is 13.4 Å². The van der Waals surface area contributed by atoms with Crippen LogP contribution in [0.2, 0.25) is 0 Å². The molecular weight excluding hydrogens is 380 g/mol. The second kappa shape index (κ2) is 7.38. The highest BCUT2D eigenvalue weighted by atomic mass is 32.2. The van der Waals surface area contributed by atoms with E-state index in [4.69, 9.17) is 0 Å². The number of hydrogen-bond donors (Lipinski definition) is 1. The summed E-state index contributed by atoms with van der Waals surface area (Å²) in [6, 6.07) is 7.26. The minimum absolute atomic E-state index is 0.00335. The molecule has 1 aromatic carbocycles. The fourth-order valence-corrected chi connectivity index (χ4v) is 5.59. The Morgan fingerprint density at radius 1 is 1.32 bits per heavy atom. The van der Waals surface area contributed by atoms with Crippen LogP contribution >= 0.6 is 0 Å². The number of imidazole rings is 1. The third-order valence-corrected chi connectivity index (χ3v) is 7.05. The summed E-state index contributed by atoms with van der Waals surface area (Å²) in [6.45, 7) is 0.926. The molecular formula is C19H22N4O4S. The normalized spacial score (nSPS) is 23.9. The summed E-state index contributed by atoms with van der Waals surface area (Å²) in [5.74, 6) is -0.702. The summed E-state index contributed by atoms with van der Waals surface area (Å²) in [5, 5.41) is 2.89. The fourth-order valence-electron chi connectivity index (χ4n) is 3.86. The first-order valence-corrected chi connectivity index (χ1v) is 11.1. The van der Waals surface area contributed by atoms with E-state index in [9.17, 15) is 18.0 Å². The number of sulfone groups is 1. The van der Waals surface area contributed by atoms with Crippen molar-refractivity contribution in [2.45, 2.75) is 25.4 Å². The lowest BCUT2D eigenvalue weighted by atomic mass is 10.1. The van der Waals surface area contributed by atoms with Crippen LogP contribution in [-0.2, 0) is 26.0 Å². The summed E-state index contributed by atoms with van der Waals surface area (Å²) < 4.78 is 25.3. The van der Waals surface area contributed by atoms with E-state index < -0.39 is 15.8 Å². The number of benzene rings is 1. The van der Waals surface area contributed by atoms with Gasteiger partial charge in [-0.1, -0.05) is 12.1 Å². The first-order chi connectivity index (χ1) is 13.4. The molecule has 2 aromatic rings. The number of nitrogens with one attached hydrogen (secondary N) is 1. The maximum Gasteiger partial charge on any atom is 0.229 e. The zero-order valence-corrected chi connectivity index (χ0v) is 16.1. The molecule has 2 unspecified atom stereocenters. The van der Waals surface area contributed by atoms with Crippen molar-refractivity contribution in [1.29, 1.82) is 0 Å². The highest BCUT2D eigenvalue weighted by Gasteiger charge is 2.41. The monoisotopic (exact) mass is 402 g/mol. The van der Waals surface area contributed by atoms with Crippen molar-refractivity contribution in [2.75, 3.05) is 23.4 Å². The van der Waals surface area contributed by atoms with Crippen LogP contribution in [0, 0.1) is 5.92 Å². The van der Waals surface area contributed by atoms with Gasteiger partial charge in [0.15, 0.2) is 9.84 Å². The number of carbonyl (C=O) groups is 2. The number of carbonyl (C=O) groups excluding carboxylic acids is 2. The van der Waals surface area contributed by atoms with Crippen molar-refractivity contribution in [3.05, 3.63) is 48.5 Å². The zero-order chi connectivity index (χ0) is 19.7. The van der Waals surface area contributed by atoms with Crippen LogP contribution in [0.1, 0.15) is 18.4 Å². The molecule has 0 spiro atoms. The average Bonchev–Trinajstić information content (AvgIpc) is 3.36. The predicted molar refractivity (Wildman–Crippen MR) is 103 cm³/mol. The van der Waals surface area contributed by atoms with E-state index in [0.29, 0.717) is 18.7 Å². The third kappa shape index (κ3) is 4.09. The molecule has 2 amide bonds. The minimum atomic E-state index is -3.07. The third-order valence-electron chi connectivity index (χ3n) is 5.30. The van der Waals surface area contributed by atoms with E-state index >= 15 is 0 Å². The molecule has 2 saturated heterocycles. The summed E-state index contributed by atoms with van der Waals surface area (Å²) in [5.41, 5.74) is 1.70. The molecule has 0 saturated carbocycles. The van der Waals surface area contributed by atoms with Crippen molar-refractivity contribution in [3.63, 3.8) is 0 Å². The molecule has 9 heteroatoms. The van der Waals surface area contributed by atoms with Gasteiger partial charge in [-0.15, -0.1) is 0 Å². The predicted octanol–water partition coefficient (Wildman–Crippen LogP) is 0.905. The van der Waals surface area contributed by atoms with E-state index in [1.54, 1.807) is 17.4 Å². The van der Waals surface area contributed by atoms with Gasteiger partial charge in [0.1, 0.15) is 0 Å². The number of aromatic nitrogens is 2. The first kappa shape index (κ1) is 18.7. The van der Waals surface area contributed by atoms with Gasteiger partial charge < -0.3 is 14.8 Å². The van der Waals surface area contributed by atoms with Gasteiger partial charge in [0.2, 0.25) is 11.8 Å². The lowest BCUT2D eigenvalue weighted by Crippen LogP contribution is -2.38. The van der Waals surface area contributed by atoms with Crippen LogP contribution in [0.3, 0.4) is 0 Å². The summed E-state index contributed by atoms with van der Waals surface area (Å²) in [6.07, 6.45) is 5.89. The quantitative estimate of drug-likeness (QED) is 0.801. The molecule has 0 radical (unpaired) electrons. The molecule has 3 heterocycles. The Balaban J connectivity index is 1.38. The highest BCUT2D eigenvalue weighted by Crippen LogP contribution is 2.27. The van der Waals surface area contributed by atoms with Crippen LogP contribution in [0.5, 0.6) is 0 Å². The number of hydrogen-bond acceptors (Lipinski definition) is 5. The van der Waals surface area contributed by atoms with Crippen molar-refractivity contribution in [1.82, 2.24) is 14.5 Å². The van der Waals surface area contributed by atoms with Gasteiger partial charge in [0.05, 0.1) is 23.8 Å². The second-order valence-corrected chi connectivity index (χ2v) is 9.66. The SMILES string of the molecule is O=C(Nc1cccc(Cn2ccnc2)c1)C1CC(=O)N(C2CCS(=O)(=O)C2)C1. The summed E-state index contributed by atoms with van der Waals surface area (Å²) in [4.78, 5) is 30.6. The van der Waals surface area contributed by atoms with Crippen molar-refractivity contribution in [3.8, 4) is 0 Å². The van der Waals surface area contributed by atoms with Crippen LogP contribution in [0.4, 0.5) is 5.69 Å². The zero-order valence-electron chi connectivity index (χ0n) is 15.3. The van der Waals surface area contributed by atoms with Crippen LogP contribution in [0.25, 0.3) is 0 Å². The van der Waals surface area contributed by atoms with E-state index in [1.165, 1.54) is 0 Å². The molecule has 0 aliphatic carbocycles. The minimum Gasteiger partial charge on any atom is -0.338 e. The van der Waals surface area contributed by atoms with Gasteiger partial charge in [-0.05, 0) is 24.1 Å². The number of nitrogens with zero attached hydrogens (tertiary/aromatic N) is 3. The summed E-state index contributed by atoms with van der Waals surface area (Å²) in [7, 11) is -3.07. The Labute approximate surface area is 163 Å². The highest BCUT2D eigenvalue weighted by molar-refractivity contribution is 7.91. The molecule has 0 bridgehead atoms. The lowest BCUT2D eigenvalue weighted by molar-refractivity contribution is -0.129. The van der Waals surface area contributed by atoms with Gasteiger partial charge in [-0.3, -0.25) is 9.59 Å². The van der Waals surface area contributed by atoms with Crippen LogP contribution in [-0.4, -0.2) is 58.8 Å². The molecule has 4 rings (SSSR count). The maximum atomic E-state index is 12.7. The number of likely N-dealkylation sites (tertiary alicyclic amines) is 1. The van der Waals surface area contributed by atoms with Gasteiger partial charge in [0, 0.05) is 43.6 Å². The molecule has 1 N–H and O–H groups in total. The van der Waals surface area contributed by atoms with E-state index in [-0.39, 0.29) is 42.3 Å². The molecule has 1 aromatic heterocycles. The Kier molecular flexibility index (Phi) is 4.92. The first-order valence-electron chi connectivity index (χ1n) is 9.25. The van der Waals surface area contributed by atoms with E-state index in [2.05, 4.69) is 10.3 Å². The molecule has 2 aliphatic rings. The lowest BCUT2D eigenvalue weighted by Gasteiger charge is -2.23. The average molecular weight is 402 g/mol. The van der Waals surface area contributed by atoms with Gasteiger partial charge >= 0.3 is 0 Å². The Morgan fingerprint density at radius 3 is 2.89 bits per heavy atom. The molecule has 2 aliphatic heterocycles. The summed E-state index contributed by atoms with van der Waals surface area (Å²) >= 11 is 0. The van der Waals surface area contributed by atoms with Gasteiger partial charge in [0.25, 0.3) is 0 Å². The standard InChI is InChI=1S/C19H22N4O4S/c24-18-9-15(11-23(18)17-4-7-28(26,27)12-17)19(25)21-16-3-1-2-14(8-16)10-22-6-5-20-13-22/h1-3,5-6,8,13,15,17H,4,7,9-12H2,(H,21,25). The van der Waals surface area contributed by atoms with Gasteiger partial charge in [-0.2, -0.15) is 0 Å². The number of anilines is 1. The number of rotatable bonds is 5. The number of amides is 2. The molecule has 2 fully saturated rings. The Bertz CT molecular complexity index is 987. The Morgan fingerprint density at radius 2 is 2.18 bits per heavy atom. The van der Waals surface area contributed by atoms with E-state index in [0.717, 1.165) is 5.56 Å². The topological polar surface area (TPSA) is 101 Å². The van der Waals surface area contributed by atoms with E-state index in [1.807, 2.05) is 35.0 Å². The molecule has 148 valence electrons. The van der Waals surface area contributed by atoms with Crippen LogP contribution in [0.15, 0.2) is 43.0 Å². The largest absolute Gasteiger partial charge is 0.338 e. The smallest absolute Gasteiger partial charge is 0.229 e. The fraction of sp³-hybridized carbons (Fsp3) is 0.421. The maximum absolute atomic E-state index is 12.7. The molecule has 8 nitrogen and oxygen atoms in total.